The van der Waals surface area contributed by atoms with E-state index in [0.717, 1.165) is 0 Å². The Bertz CT molecular complexity index is 565. The Kier molecular flexibility index (Phi) is 3.07. The molecule has 2 aromatic rings. The zero-order valence-electron chi connectivity index (χ0n) is 9.67. The number of hydrogen-bond acceptors (Lipinski definition) is 5. The van der Waals surface area contributed by atoms with Gasteiger partial charge >= 0.3 is 0 Å². The zero-order valence-corrected chi connectivity index (χ0v) is 10.4. The number of aromatic nitrogens is 3. The lowest BCUT2D eigenvalue weighted by molar-refractivity contribution is -0.0931. The third-order valence-corrected chi connectivity index (χ3v) is 3.06. The van der Waals surface area contributed by atoms with Crippen LogP contribution in [-0.2, 0) is 16.0 Å². The van der Waals surface area contributed by atoms with Gasteiger partial charge in [-0.2, -0.15) is 0 Å². The summed E-state index contributed by atoms with van der Waals surface area (Å²) in [6.45, 7) is 2.39. The highest BCUT2D eigenvalue weighted by Gasteiger charge is 2.18. The Morgan fingerprint density at radius 1 is 1.50 bits per heavy atom. The first kappa shape index (κ1) is 11.7. The molecular weight excluding hydrogens is 256 g/mol. The Morgan fingerprint density at radius 2 is 2.39 bits per heavy atom. The van der Waals surface area contributed by atoms with E-state index >= 15 is 0 Å². The van der Waals surface area contributed by atoms with Gasteiger partial charge in [0.2, 0.25) is 5.95 Å². The second-order valence-corrected chi connectivity index (χ2v) is 4.58. The summed E-state index contributed by atoms with van der Waals surface area (Å²) in [6, 6.07) is 1.75. The zero-order chi connectivity index (χ0) is 12.5. The highest BCUT2D eigenvalue weighted by atomic mass is 35.5. The first-order valence-electron chi connectivity index (χ1n) is 5.70. The maximum Gasteiger partial charge on any atom is 0.202 e. The van der Waals surface area contributed by atoms with Crippen molar-refractivity contribution >= 4 is 28.7 Å². The molecule has 0 spiro atoms. The van der Waals surface area contributed by atoms with Gasteiger partial charge in [0.1, 0.15) is 5.52 Å². The number of rotatable bonds is 2. The Hall–Kier alpha value is -1.37. The summed E-state index contributed by atoms with van der Waals surface area (Å²) in [5, 5.41) is 0.546. The van der Waals surface area contributed by atoms with Gasteiger partial charge in [-0.3, -0.25) is 4.57 Å². The molecule has 2 aromatic heterocycles. The molecule has 0 amide bonds. The van der Waals surface area contributed by atoms with Crippen LogP contribution < -0.4 is 5.73 Å². The number of nitrogens with two attached hydrogens (primary N) is 1. The molecule has 0 aliphatic carbocycles. The molecular formula is C11H13ClN4O2. The van der Waals surface area contributed by atoms with Crippen molar-refractivity contribution in [2.24, 2.45) is 0 Å². The molecule has 3 rings (SSSR count). The number of nitrogens with zero attached hydrogens (tertiary/aromatic N) is 3. The maximum atomic E-state index is 5.89. The molecule has 7 heteroatoms. The van der Waals surface area contributed by atoms with E-state index < -0.39 is 0 Å². The largest absolute Gasteiger partial charge is 0.376 e. The lowest BCUT2D eigenvalue weighted by atomic mass is 10.3. The Balaban J connectivity index is 1.92. The van der Waals surface area contributed by atoms with Crippen LogP contribution in [0.4, 0.5) is 5.95 Å². The predicted octanol–water partition coefficient (Wildman–Crippen LogP) is 1.08. The molecule has 3 heterocycles. The molecule has 1 fully saturated rings. The predicted molar refractivity (Wildman–Crippen MR) is 67.5 cm³/mol. The first-order valence-corrected chi connectivity index (χ1v) is 6.08. The van der Waals surface area contributed by atoms with Gasteiger partial charge in [-0.1, -0.05) is 11.6 Å². The second-order valence-electron chi connectivity index (χ2n) is 4.14. The number of pyridine rings is 1. The molecule has 1 saturated heterocycles. The summed E-state index contributed by atoms with van der Waals surface area (Å²) >= 11 is 5.87. The first-order chi connectivity index (χ1) is 8.74. The minimum atomic E-state index is -0.0177. The van der Waals surface area contributed by atoms with E-state index in [9.17, 15) is 0 Å². The van der Waals surface area contributed by atoms with Crippen molar-refractivity contribution in [1.82, 2.24) is 14.5 Å². The normalized spacial score (nSPS) is 20.4. The second kappa shape index (κ2) is 4.72. The summed E-state index contributed by atoms with van der Waals surface area (Å²) in [4.78, 5) is 8.50. The van der Waals surface area contributed by atoms with Crippen LogP contribution >= 0.6 is 11.6 Å². The SMILES string of the molecule is Nc1nc2cc(Cl)cnc2n1CC1COCCO1. The van der Waals surface area contributed by atoms with Crippen molar-refractivity contribution in [1.29, 1.82) is 0 Å². The standard InChI is InChI=1S/C11H13ClN4O2/c12-7-3-9-10(14-4-7)16(11(13)15-9)5-8-6-17-1-2-18-8/h3-4,8H,1-2,5-6H2,(H2,13,15). The summed E-state index contributed by atoms with van der Waals surface area (Å²) in [5.74, 6) is 0.411. The average molecular weight is 269 g/mol. The van der Waals surface area contributed by atoms with E-state index in [0.29, 0.717) is 48.5 Å². The molecule has 0 bridgehead atoms. The number of halogens is 1. The van der Waals surface area contributed by atoms with Gasteiger partial charge in [-0.05, 0) is 6.07 Å². The van der Waals surface area contributed by atoms with E-state index in [-0.39, 0.29) is 6.10 Å². The van der Waals surface area contributed by atoms with Gasteiger partial charge in [0.15, 0.2) is 5.65 Å². The highest BCUT2D eigenvalue weighted by molar-refractivity contribution is 6.31. The van der Waals surface area contributed by atoms with Crippen molar-refractivity contribution in [3.63, 3.8) is 0 Å². The third kappa shape index (κ3) is 2.14. The fraction of sp³-hybridized carbons (Fsp3) is 0.455. The summed E-state index contributed by atoms with van der Waals surface area (Å²) in [6.07, 6.45) is 1.57. The van der Waals surface area contributed by atoms with Crippen molar-refractivity contribution in [2.45, 2.75) is 12.6 Å². The lowest BCUT2D eigenvalue weighted by Crippen LogP contribution is -2.32. The van der Waals surface area contributed by atoms with Crippen LogP contribution in [0.15, 0.2) is 12.3 Å². The minimum Gasteiger partial charge on any atom is -0.376 e. The fourth-order valence-corrected chi connectivity index (χ4v) is 2.18. The van der Waals surface area contributed by atoms with Crippen LogP contribution in [0.2, 0.25) is 5.02 Å². The molecule has 1 aliphatic heterocycles. The van der Waals surface area contributed by atoms with Crippen molar-refractivity contribution in [3.8, 4) is 0 Å². The Morgan fingerprint density at radius 3 is 3.17 bits per heavy atom. The van der Waals surface area contributed by atoms with Gasteiger partial charge in [0.25, 0.3) is 0 Å². The monoisotopic (exact) mass is 268 g/mol. The molecule has 0 saturated carbocycles. The molecule has 18 heavy (non-hydrogen) atoms. The summed E-state index contributed by atoms with van der Waals surface area (Å²) in [5.41, 5.74) is 7.30. The third-order valence-electron chi connectivity index (χ3n) is 2.85. The van der Waals surface area contributed by atoms with E-state index in [1.54, 1.807) is 12.3 Å². The molecule has 2 N–H and O–H groups in total. The van der Waals surface area contributed by atoms with Crippen LogP contribution in [-0.4, -0.2) is 40.5 Å². The van der Waals surface area contributed by atoms with Gasteiger partial charge < -0.3 is 15.2 Å². The van der Waals surface area contributed by atoms with Gasteiger partial charge in [0, 0.05) is 6.20 Å². The highest BCUT2D eigenvalue weighted by Crippen LogP contribution is 2.20. The number of ether oxygens (including phenoxy) is 2. The summed E-state index contributed by atoms with van der Waals surface area (Å²) in [7, 11) is 0. The maximum absolute atomic E-state index is 5.89. The van der Waals surface area contributed by atoms with E-state index in [1.807, 2.05) is 4.57 Å². The number of anilines is 1. The smallest absolute Gasteiger partial charge is 0.202 e. The molecule has 0 aromatic carbocycles. The van der Waals surface area contributed by atoms with E-state index in [4.69, 9.17) is 26.8 Å². The van der Waals surface area contributed by atoms with Crippen molar-refractivity contribution < 1.29 is 9.47 Å². The van der Waals surface area contributed by atoms with Gasteiger partial charge in [-0.25, -0.2) is 9.97 Å². The summed E-state index contributed by atoms with van der Waals surface area (Å²) < 4.78 is 12.8. The molecule has 6 nitrogen and oxygen atoms in total. The average Bonchev–Trinajstić information content (AvgIpc) is 2.66. The van der Waals surface area contributed by atoms with E-state index in [1.165, 1.54) is 0 Å². The number of hydrogen-bond donors (Lipinski definition) is 1. The number of fused-ring (bicyclic) bond motifs is 1. The fourth-order valence-electron chi connectivity index (χ4n) is 2.03. The molecule has 96 valence electrons. The van der Waals surface area contributed by atoms with Crippen molar-refractivity contribution in [3.05, 3.63) is 17.3 Å². The number of nitrogen functional groups attached to an aromatic ring is 1. The van der Waals surface area contributed by atoms with Gasteiger partial charge in [0.05, 0.1) is 37.5 Å². The van der Waals surface area contributed by atoms with Gasteiger partial charge in [-0.15, -0.1) is 0 Å². The van der Waals surface area contributed by atoms with Crippen LogP contribution in [0, 0.1) is 0 Å². The quantitative estimate of drug-likeness (QED) is 0.882. The van der Waals surface area contributed by atoms with Crippen LogP contribution in [0.3, 0.4) is 0 Å². The minimum absolute atomic E-state index is 0.0177. The molecule has 1 atom stereocenters. The van der Waals surface area contributed by atoms with Crippen LogP contribution in [0.25, 0.3) is 11.2 Å². The van der Waals surface area contributed by atoms with E-state index in [2.05, 4.69) is 9.97 Å². The molecule has 0 radical (unpaired) electrons. The number of imidazole rings is 1. The Labute approximate surface area is 109 Å². The lowest BCUT2D eigenvalue weighted by Gasteiger charge is -2.23. The molecule has 1 aliphatic rings. The van der Waals surface area contributed by atoms with Crippen LogP contribution in [0.5, 0.6) is 0 Å². The van der Waals surface area contributed by atoms with Crippen molar-refractivity contribution in [2.75, 3.05) is 25.6 Å². The van der Waals surface area contributed by atoms with Crippen LogP contribution in [0.1, 0.15) is 0 Å². The molecule has 1 unspecified atom stereocenters. The topological polar surface area (TPSA) is 75.2 Å².